The number of carboxylic acid groups (broad SMARTS) is 1. The van der Waals surface area contributed by atoms with E-state index in [4.69, 9.17) is 23.7 Å². The van der Waals surface area contributed by atoms with Gasteiger partial charge in [0.1, 0.15) is 18.3 Å². The zero-order chi connectivity index (χ0) is 17.9. The Labute approximate surface area is 139 Å². The van der Waals surface area contributed by atoms with Gasteiger partial charge in [0, 0.05) is 0 Å². The van der Waals surface area contributed by atoms with Gasteiger partial charge < -0.3 is 38.9 Å². The van der Waals surface area contributed by atoms with Crippen LogP contribution in [0.3, 0.4) is 0 Å². The molecule has 1 N–H and O–H groups in total. The summed E-state index contributed by atoms with van der Waals surface area (Å²) in [6.45, 7) is 8.22. The van der Waals surface area contributed by atoms with Gasteiger partial charge in [-0.25, -0.2) is 0 Å². The van der Waals surface area contributed by atoms with Crippen LogP contribution in [0.2, 0.25) is 0 Å². The second-order valence-electron chi connectivity index (χ2n) is 7.14. The summed E-state index contributed by atoms with van der Waals surface area (Å²) in [6.07, 6.45) is -3.76. The van der Waals surface area contributed by atoms with Crippen LogP contribution < -0.4 is 10.4 Å². The van der Waals surface area contributed by atoms with Crippen LogP contribution in [0.25, 0.3) is 0 Å². The van der Waals surface area contributed by atoms with E-state index in [1.54, 1.807) is 27.7 Å². The smallest absolute Gasteiger partial charge is 0.252 e. The van der Waals surface area contributed by atoms with Crippen LogP contribution in [-0.2, 0) is 33.3 Å². The molecule has 0 aromatic heterocycles. The fraction of sp³-hybridized carbons (Fsp3) is 0.867. The molecule has 0 saturated carbocycles. The normalized spacial score (nSPS) is 40.5. The third-order valence-electron chi connectivity index (χ3n) is 4.13. The minimum absolute atomic E-state index is 0.547. The minimum Gasteiger partial charge on any atom is -0.548 e. The van der Waals surface area contributed by atoms with E-state index >= 15 is 0 Å². The molecule has 3 aliphatic rings. The van der Waals surface area contributed by atoms with E-state index in [1.165, 1.54) is 6.92 Å². The van der Waals surface area contributed by atoms with Crippen molar-refractivity contribution in [2.75, 3.05) is 0 Å². The van der Waals surface area contributed by atoms with E-state index in [0.29, 0.717) is 0 Å². The first-order valence-electron chi connectivity index (χ1n) is 7.87. The predicted octanol–water partition coefficient (Wildman–Crippen LogP) is -1.36. The zero-order valence-corrected chi connectivity index (χ0v) is 14.2. The maximum Gasteiger partial charge on any atom is 0.252 e. The number of nitrogens with one attached hydrogen (secondary N) is 1. The van der Waals surface area contributed by atoms with E-state index < -0.39 is 60.2 Å². The Balaban J connectivity index is 1.82. The zero-order valence-electron chi connectivity index (χ0n) is 14.2. The Hall–Kier alpha value is -1.26. The highest BCUT2D eigenvalue weighted by Crippen LogP contribution is 2.44. The molecule has 136 valence electrons. The molecule has 6 atom stereocenters. The minimum atomic E-state index is -1.39. The molecule has 0 aromatic rings. The molecule has 3 fully saturated rings. The molecule has 3 heterocycles. The summed E-state index contributed by atoms with van der Waals surface area (Å²) in [7, 11) is 0. The van der Waals surface area contributed by atoms with Gasteiger partial charge in [-0.3, -0.25) is 4.79 Å². The van der Waals surface area contributed by atoms with Gasteiger partial charge in [-0.15, -0.1) is 0 Å². The van der Waals surface area contributed by atoms with E-state index in [1.807, 2.05) is 0 Å². The number of hydrogen-bond acceptors (Lipinski definition) is 8. The van der Waals surface area contributed by atoms with Crippen molar-refractivity contribution < 1.29 is 38.4 Å². The third-order valence-corrected chi connectivity index (χ3v) is 4.13. The number of aliphatic carboxylic acids is 1. The second-order valence-corrected chi connectivity index (χ2v) is 7.14. The van der Waals surface area contributed by atoms with Gasteiger partial charge in [-0.05, 0) is 34.6 Å². The number of ether oxygens (including phenoxy) is 5. The number of hydrogen-bond donors (Lipinski definition) is 1. The van der Waals surface area contributed by atoms with Crippen molar-refractivity contribution in [3.05, 3.63) is 0 Å². The predicted molar refractivity (Wildman–Crippen MR) is 75.1 cm³/mol. The van der Waals surface area contributed by atoms with Crippen molar-refractivity contribution in [1.29, 1.82) is 0 Å². The highest BCUT2D eigenvalue weighted by molar-refractivity contribution is 5.86. The number of carboxylic acids is 1. The van der Waals surface area contributed by atoms with Crippen LogP contribution in [0.5, 0.6) is 0 Å². The molecule has 24 heavy (non-hydrogen) atoms. The molecular formula is C15H22NO8-. The van der Waals surface area contributed by atoms with E-state index in [-0.39, 0.29) is 0 Å². The lowest BCUT2D eigenvalue weighted by molar-refractivity contribution is -0.308. The molecule has 3 aliphatic heterocycles. The Morgan fingerprint density at radius 3 is 2.12 bits per heavy atom. The largest absolute Gasteiger partial charge is 0.548 e. The van der Waals surface area contributed by atoms with Gasteiger partial charge in [-0.1, -0.05) is 0 Å². The van der Waals surface area contributed by atoms with Gasteiger partial charge in [0.2, 0.25) is 0 Å². The first-order chi connectivity index (χ1) is 11.0. The molecule has 0 radical (unpaired) electrons. The molecule has 3 rings (SSSR count). The molecule has 1 amide bonds. The molecule has 0 aromatic carbocycles. The molecular weight excluding hydrogens is 322 g/mol. The average molecular weight is 344 g/mol. The van der Waals surface area contributed by atoms with Gasteiger partial charge in [0.05, 0.1) is 12.0 Å². The number of carbonyl (C=O) groups excluding carboxylic acids is 2. The number of fused-ring (bicyclic) bond motifs is 3. The van der Waals surface area contributed by atoms with E-state index in [2.05, 4.69) is 5.32 Å². The van der Waals surface area contributed by atoms with Gasteiger partial charge >= 0.3 is 0 Å². The summed E-state index contributed by atoms with van der Waals surface area (Å²) in [5, 5.41) is 13.2. The average Bonchev–Trinajstić information content (AvgIpc) is 2.91. The molecule has 3 saturated heterocycles. The summed E-state index contributed by atoms with van der Waals surface area (Å²) in [5.74, 6) is -3.84. The molecule has 0 aliphatic carbocycles. The highest BCUT2D eigenvalue weighted by Gasteiger charge is 2.62. The lowest BCUT2D eigenvalue weighted by Gasteiger charge is -2.36. The SMILES string of the molecule is C[C@H](NC(=O)[C@@H]1O[C@@H]2OC(C)(C)O[C@@H]2[C@H]2OC(C)(C)O[C@H]21)C(=O)[O-]. The molecule has 9 heteroatoms. The number of rotatable bonds is 3. The van der Waals surface area contributed by atoms with Crippen molar-refractivity contribution in [1.82, 2.24) is 5.32 Å². The molecule has 0 bridgehead atoms. The fourth-order valence-electron chi connectivity index (χ4n) is 3.18. The monoisotopic (exact) mass is 344 g/mol. The Kier molecular flexibility index (Phi) is 4.12. The Bertz CT molecular complexity index is 548. The quantitative estimate of drug-likeness (QED) is 0.667. The number of amides is 1. The summed E-state index contributed by atoms with van der Waals surface area (Å²) in [6, 6.07) is -1.16. The van der Waals surface area contributed by atoms with E-state index in [0.717, 1.165) is 0 Å². The van der Waals surface area contributed by atoms with Crippen LogP contribution in [0.15, 0.2) is 0 Å². The summed E-state index contributed by atoms with van der Waals surface area (Å²) in [4.78, 5) is 23.3. The van der Waals surface area contributed by atoms with Crippen molar-refractivity contribution >= 4 is 11.9 Å². The van der Waals surface area contributed by atoms with Gasteiger partial charge in [-0.2, -0.15) is 0 Å². The van der Waals surface area contributed by atoms with Crippen LogP contribution in [0.4, 0.5) is 0 Å². The van der Waals surface area contributed by atoms with E-state index in [9.17, 15) is 14.7 Å². The fourth-order valence-corrected chi connectivity index (χ4v) is 3.18. The van der Waals surface area contributed by atoms with Crippen molar-refractivity contribution in [3.63, 3.8) is 0 Å². The molecule has 0 unspecified atom stereocenters. The number of carbonyl (C=O) groups is 2. The maximum absolute atomic E-state index is 12.5. The Morgan fingerprint density at radius 2 is 1.50 bits per heavy atom. The first kappa shape index (κ1) is 17.6. The van der Waals surface area contributed by atoms with Crippen LogP contribution in [0, 0.1) is 0 Å². The standard InChI is InChI=1S/C15H23NO8/c1-6(12(18)19)16-11(17)9-7-8(22-14(2,3)21-7)10-13(20-9)24-15(4,5)23-10/h6-10,13H,1-5H3,(H,16,17)(H,18,19)/p-1/t6-,7+,8-,9+,10+,13+/m0/s1. The summed E-state index contributed by atoms with van der Waals surface area (Å²) in [5.41, 5.74) is 0. The maximum atomic E-state index is 12.5. The Morgan fingerprint density at radius 1 is 0.958 bits per heavy atom. The second kappa shape index (κ2) is 5.63. The van der Waals surface area contributed by atoms with Crippen LogP contribution >= 0.6 is 0 Å². The summed E-state index contributed by atoms with van der Waals surface area (Å²) >= 11 is 0. The molecule has 9 nitrogen and oxygen atoms in total. The first-order valence-corrected chi connectivity index (χ1v) is 7.87. The third kappa shape index (κ3) is 3.14. The van der Waals surface area contributed by atoms with Gasteiger partial charge in [0.15, 0.2) is 24.0 Å². The van der Waals surface area contributed by atoms with Crippen LogP contribution in [0.1, 0.15) is 34.6 Å². The highest BCUT2D eigenvalue weighted by atomic mass is 16.9. The van der Waals surface area contributed by atoms with Crippen LogP contribution in [-0.4, -0.2) is 60.2 Å². The van der Waals surface area contributed by atoms with Crippen molar-refractivity contribution in [2.24, 2.45) is 0 Å². The van der Waals surface area contributed by atoms with Crippen molar-refractivity contribution in [2.45, 2.75) is 82.9 Å². The van der Waals surface area contributed by atoms with Crippen molar-refractivity contribution in [3.8, 4) is 0 Å². The lowest BCUT2D eigenvalue weighted by atomic mass is 9.98. The summed E-state index contributed by atoms with van der Waals surface area (Å²) < 4.78 is 28.9. The molecule has 0 spiro atoms. The lowest BCUT2D eigenvalue weighted by Crippen LogP contribution is -2.61. The van der Waals surface area contributed by atoms with Gasteiger partial charge in [0.25, 0.3) is 5.91 Å². The topological polar surface area (TPSA) is 115 Å².